The zero-order valence-corrected chi connectivity index (χ0v) is 11.9. The van der Waals surface area contributed by atoms with Crippen molar-refractivity contribution in [1.82, 2.24) is 0 Å². The van der Waals surface area contributed by atoms with Crippen molar-refractivity contribution in [2.45, 2.75) is 37.0 Å². The lowest BCUT2D eigenvalue weighted by Gasteiger charge is -2.26. The molecule has 1 aliphatic rings. The second-order valence-corrected chi connectivity index (χ2v) is 6.61. The van der Waals surface area contributed by atoms with E-state index in [9.17, 15) is 9.50 Å². The molecule has 0 radical (unpaired) electrons. The van der Waals surface area contributed by atoms with Gasteiger partial charge in [-0.25, -0.2) is 4.39 Å². The molecule has 2 rings (SSSR count). The molecular formula is C13H16BrFOS. The molecule has 1 fully saturated rings. The van der Waals surface area contributed by atoms with Gasteiger partial charge in [0.05, 0.1) is 6.10 Å². The lowest BCUT2D eigenvalue weighted by Crippen LogP contribution is -2.28. The van der Waals surface area contributed by atoms with Crippen LogP contribution in [0.4, 0.5) is 4.39 Å². The maximum absolute atomic E-state index is 13.1. The predicted octanol–water partition coefficient (Wildman–Crippen LogP) is 3.78. The highest BCUT2D eigenvalue weighted by Crippen LogP contribution is 2.30. The zero-order valence-electron chi connectivity index (χ0n) is 9.53. The summed E-state index contributed by atoms with van der Waals surface area (Å²) in [6.07, 6.45) is 3.66. The number of halogens is 2. The summed E-state index contributed by atoms with van der Waals surface area (Å²) >= 11 is 5.24. The van der Waals surface area contributed by atoms with Gasteiger partial charge in [-0.15, -0.1) is 0 Å². The molecule has 0 bridgehead atoms. The average molecular weight is 319 g/mol. The van der Waals surface area contributed by atoms with E-state index in [0.717, 1.165) is 22.2 Å². The summed E-state index contributed by atoms with van der Waals surface area (Å²) < 4.78 is 14.0. The molecule has 94 valence electrons. The maximum Gasteiger partial charge on any atom is 0.123 e. The molecule has 0 aliphatic carbocycles. The minimum absolute atomic E-state index is 0.244. The van der Waals surface area contributed by atoms with Crippen LogP contribution in [-0.4, -0.2) is 22.2 Å². The lowest BCUT2D eigenvalue weighted by molar-refractivity contribution is 0.166. The molecule has 1 nitrogen and oxygen atoms in total. The molecule has 1 N–H and O–H groups in total. The first-order chi connectivity index (χ1) is 8.16. The largest absolute Gasteiger partial charge is 0.392 e. The van der Waals surface area contributed by atoms with Crippen LogP contribution in [0.25, 0.3) is 0 Å². The van der Waals surface area contributed by atoms with Crippen molar-refractivity contribution in [1.29, 1.82) is 0 Å². The fraction of sp³-hybridized carbons (Fsp3) is 0.538. The highest BCUT2D eigenvalue weighted by Gasteiger charge is 2.23. The van der Waals surface area contributed by atoms with Gasteiger partial charge < -0.3 is 5.11 Å². The van der Waals surface area contributed by atoms with Gasteiger partial charge >= 0.3 is 0 Å². The molecule has 1 aromatic rings. The van der Waals surface area contributed by atoms with Crippen LogP contribution in [0.1, 0.15) is 24.8 Å². The van der Waals surface area contributed by atoms with Gasteiger partial charge in [0.1, 0.15) is 5.82 Å². The first-order valence-electron chi connectivity index (χ1n) is 5.90. The Morgan fingerprint density at radius 3 is 3.00 bits per heavy atom. The second-order valence-electron chi connectivity index (χ2n) is 4.41. The van der Waals surface area contributed by atoms with Gasteiger partial charge in [0.25, 0.3) is 0 Å². The molecule has 1 aliphatic heterocycles. The molecule has 1 aromatic carbocycles. The van der Waals surface area contributed by atoms with E-state index in [0.29, 0.717) is 11.7 Å². The van der Waals surface area contributed by atoms with Gasteiger partial charge in [-0.05, 0) is 42.4 Å². The fourth-order valence-corrected chi connectivity index (χ4v) is 3.86. The first kappa shape index (κ1) is 13.4. The Labute approximate surface area is 114 Å². The molecule has 0 spiro atoms. The predicted molar refractivity (Wildman–Crippen MR) is 73.9 cm³/mol. The molecule has 4 heteroatoms. The molecule has 17 heavy (non-hydrogen) atoms. The molecule has 0 saturated carbocycles. The minimum atomic E-state index is -0.376. The Kier molecular flexibility index (Phi) is 4.88. The van der Waals surface area contributed by atoms with E-state index in [1.165, 1.54) is 25.0 Å². The minimum Gasteiger partial charge on any atom is -0.392 e. The number of rotatable bonds is 3. The molecule has 2 unspecified atom stereocenters. The van der Waals surface area contributed by atoms with Crippen molar-refractivity contribution in [3.8, 4) is 0 Å². The van der Waals surface area contributed by atoms with Crippen LogP contribution in [0.3, 0.4) is 0 Å². The standard InChI is InChI=1S/C13H16BrFOS/c14-11-5-4-10(15)7-9(11)8-12(16)13-3-1-2-6-17-13/h4-5,7,12-13,16H,1-3,6,8H2. The topological polar surface area (TPSA) is 20.2 Å². The third-order valence-electron chi connectivity index (χ3n) is 3.08. The van der Waals surface area contributed by atoms with Gasteiger partial charge in [0.15, 0.2) is 0 Å². The van der Waals surface area contributed by atoms with E-state index in [2.05, 4.69) is 15.9 Å². The van der Waals surface area contributed by atoms with E-state index in [1.54, 1.807) is 6.07 Å². The highest BCUT2D eigenvalue weighted by atomic mass is 79.9. The lowest BCUT2D eigenvalue weighted by atomic mass is 10.0. The number of aliphatic hydroxyl groups excluding tert-OH is 1. The van der Waals surface area contributed by atoms with Gasteiger partial charge in [-0.2, -0.15) is 11.8 Å². The number of aliphatic hydroxyl groups is 1. The zero-order chi connectivity index (χ0) is 12.3. The smallest absolute Gasteiger partial charge is 0.123 e. The maximum atomic E-state index is 13.1. The Balaban J connectivity index is 2.01. The van der Waals surface area contributed by atoms with Crippen LogP contribution < -0.4 is 0 Å². The van der Waals surface area contributed by atoms with E-state index in [1.807, 2.05) is 11.8 Å². The summed E-state index contributed by atoms with van der Waals surface area (Å²) in [6.45, 7) is 0. The summed E-state index contributed by atoms with van der Waals surface area (Å²) in [5.41, 5.74) is 0.851. The molecule has 0 aromatic heterocycles. The van der Waals surface area contributed by atoms with Crippen molar-refractivity contribution in [2.24, 2.45) is 0 Å². The Morgan fingerprint density at radius 2 is 2.29 bits per heavy atom. The normalized spacial score (nSPS) is 22.4. The number of benzene rings is 1. The summed E-state index contributed by atoms with van der Waals surface area (Å²) in [6, 6.07) is 4.63. The van der Waals surface area contributed by atoms with E-state index >= 15 is 0 Å². The number of thioether (sulfide) groups is 1. The van der Waals surface area contributed by atoms with Crippen LogP contribution in [0.5, 0.6) is 0 Å². The summed E-state index contributed by atoms with van der Waals surface area (Å²) in [5.74, 6) is 0.887. The third kappa shape index (κ3) is 3.70. The molecular weight excluding hydrogens is 303 g/mol. The summed E-state index contributed by atoms with van der Waals surface area (Å²) in [7, 11) is 0. The van der Waals surface area contributed by atoms with Gasteiger partial charge in [-0.1, -0.05) is 22.4 Å². The van der Waals surface area contributed by atoms with Crippen LogP contribution in [0.15, 0.2) is 22.7 Å². The Bertz CT molecular complexity index is 380. The molecule has 0 amide bonds. The van der Waals surface area contributed by atoms with Crippen LogP contribution in [0.2, 0.25) is 0 Å². The van der Waals surface area contributed by atoms with Gasteiger partial charge in [0, 0.05) is 16.1 Å². The average Bonchev–Trinajstić information content (AvgIpc) is 2.35. The van der Waals surface area contributed by atoms with Gasteiger partial charge in [0.2, 0.25) is 0 Å². The second kappa shape index (κ2) is 6.21. The van der Waals surface area contributed by atoms with E-state index in [-0.39, 0.29) is 11.9 Å². The summed E-state index contributed by atoms with van der Waals surface area (Å²) in [4.78, 5) is 0. The van der Waals surface area contributed by atoms with Crippen molar-refractivity contribution in [2.75, 3.05) is 5.75 Å². The van der Waals surface area contributed by atoms with Crippen LogP contribution >= 0.6 is 27.7 Å². The SMILES string of the molecule is OC(Cc1cc(F)ccc1Br)C1CCCCS1. The molecule has 1 saturated heterocycles. The van der Waals surface area contributed by atoms with Crippen molar-refractivity contribution < 1.29 is 9.50 Å². The molecule has 2 atom stereocenters. The summed E-state index contributed by atoms with van der Waals surface area (Å²) in [5, 5.41) is 10.5. The van der Waals surface area contributed by atoms with E-state index in [4.69, 9.17) is 0 Å². The monoisotopic (exact) mass is 318 g/mol. The molecule has 1 heterocycles. The Hall–Kier alpha value is -0.0600. The Morgan fingerprint density at radius 1 is 1.47 bits per heavy atom. The quantitative estimate of drug-likeness (QED) is 0.915. The third-order valence-corrected chi connectivity index (χ3v) is 5.36. The van der Waals surface area contributed by atoms with Crippen LogP contribution in [-0.2, 0) is 6.42 Å². The first-order valence-corrected chi connectivity index (χ1v) is 7.74. The number of hydrogen-bond donors (Lipinski definition) is 1. The van der Waals surface area contributed by atoms with Crippen LogP contribution in [0, 0.1) is 5.82 Å². The highest BCUT2D eigenvalue weighted by molar-refractivity contribution is 9.10. The van der Waals surface area contributed by atoms with Crippen molar-refractivity contribution >= 4 is 27.7 Å². The fourth-order valence-electron chi connectivity index (χ4n) is 2.13. The number of hydrogen-bond acceptors (Lipinski definition) is 2. The van der Waals surface area contributed by atoms with E-state index < -0.39 is 0 Å². The van der Waals surface area contributed by atoms with Crippen molar-refractivity contribution in [3.63, 3.8) is 0 Å². The van der Waals surface area contributed by atoms with Gasteiger partial charge in [-0.3, -0.25) is 0 Å². The van der Waals surface area contributed by atoms with Crippen molar-refractivity contribution in [3.05, 3.63) is 34.1 Å².